The van der Waals surface area contributed by atoms with Crippen LogP contribution in [0.5, 0.6) is 0 Å². The lowest BCUT2D eigenvalue weighted by molar-refractivity contribution is 0.124. The van der Waals surface area contributed by atoms with Crippen LogP contribution >= 0.6 is 11.3 Å². The van der Waals surface area contributed by atoms with Crippen LogP contribution < -0.4 is 5.32 Å². The van der Waals surface area contributed by atoms with E-state index in [4.69, 9.17) is 0 Å². The molecule has 1 aliphatic rings. The van der Waals surface area contributed by atoms with Crippen molar-refractivity contribution in [2.24, 2.45) is 5.41 Å². The average Bonchev–Trinajstić information content (AvgIpc) is 2.57. The molecular weight excluding hydrogens is 204 g/mol. The van der Waals surface area contributed by atoms with Gasteiger partial charge in [-0.2, -0.15) is 0 Å². The molecule has 2 rings (SSSR count). The van der Waals surface area contributed by atoms with E-state index in [1.54, 1.807) is 11.3 Å². The maximum atomic E-state index is 4.26. The van der Waals surface area contributed by atoms with E-state index in [2.05, 4.69) is 24.1 Å². The van der Waals surface area contributed by atoms with Gasteiger partial charge >= 0.3 is 0 Å². The van der Waals surface area contributed by atoms with Gasteiger partial charge in [-0.3, -0.25) is 0 Å². The van der Waals surface area contributed by atoms with Gasteiger partial charge in [0.05, 0.1) is 11.2 Å². The number of hydrogen-bond acceptors (Lipinski definition) is 3. The minimum Gasteiger partial charge on any atom is -0.311 e. The third kappa shape index (κ3) is 2.40. The number of nitrogens with zero attached hydrogens (tertiary/aromatic N) is 1. The lowest BCUT2D eigenvalue weighted by Crippen LogP contribution is -2.39. The smallest absolute Gasteiger partial charge is 0.0798 e. The number of aryl methyl sites for hydroxylation is 1. The lowest BCUT2D eigenvalue weighted by Gasteiger charge is -2.41. The second-order valence-corrected chi connectivity index (χ2v) is 5.61. The number of nitrogens with one attached hydrogen (secondary N) is 1. The largest absolute Gasteiger partial charge is 0.311 e. The number of rotatable bonds is 5. The molecule has 0 radical (unpaired) electrons. The number of thiazole rings is 1. The third-order valence-corrected chi connectivity index (χ3v) is 4.73. The Balaban J connectivity index is 1.77. The molecule has 1 fully saturated rings. The van der Waals surface area contributed by atoms with Crippen LogP contribution in [0, 0.1) is 12.3 Å². The second kappa shape index (κ2) is 4.62. The molecule has 84 valence electrons. The molecule has 0 aromatic carbocycles. The molecule has 0 aliphatic heterocycles. The van der Waals surface area contributed by atoms with Crippen LogP contribution in [-0.4, -0.2) is 11.5 Å². The zero-order valence-corrected chi connectivity index (χ0v) is 10.5. The summed E-state index contributed by atoms with van der Waals surface area (Å²) in [5.74, 6) is 0. The van der Waals surface area contributed by atoms with E-state index in [0.717, 1.165) is 6.54 Å². The molecule has 3 heteroatoms. The van der Waals surface area contributed by atoms with Crippen LogP contribution in [0.3, 0.4) is 0 Å². The minimum atomic E-state index is 0.624. The summed E-state index contributed by atoms with van der Waals surface area (Å²) in [6.07, 6.45) is 5.58. The summed E-state index contributed by atoms with van der Waals surface area (Å²) < 4.78 is 0. The normalized spacial score (nSPS) is 18.8. The van der Waals surface area contributed by atoms with Gasteiger partial charge in [0, 0.05) is 18.0 Å². The van der Waals surface area contributed by atoms with Crippen molar-refractivity contribution in [3.05, 3.63) is 16.1 Å². The summed E-state index contributed by atoms with van der Waals surface area (Å²) in [7, 11) is 0. The van der Waals surface area contributed by atoms with E-state index in [9.17, 15) is 0 Å². The first-order chi connectivity index (χ1) is 7.26. The van der Waals surface area contributed by atoms with Crippen LogP contribution in [0.25, 0.3) is 0 Å². The molecule has 1 aromatic rings. The fourth-order valence-electron chi connectivity index (χ4n) is 2.27. The molecule has 15 heavy (non-hydrogen) atoms. The van der Waals surface area contributed by atoms with Crippen molar-refractivity contribution < 1.29 is 0 Å². The first-order valence-corrected chi connectivity index (χ1v) is 6.73. The molecule has 1 aromatic heterocycles. The summed E-state index contributed by atoms with van der Waals surface area (Å²) in [4.78, 5) is 5.65. The van der Waals surface area contributed by atoms with Gasteiger partial charge in [-0.1, -0.05) is 13.3 Å². The van der Waals surface area contributed by atoms with Gasteiger partial charge < -0.3 is 5.32 Å². The Kier molecular flexibility index (Phi) is 3.42. The van der Waals surface area contributed by atoms with E-state index >= 15 is 0 Å². The highest BCUT2D eigenvalue weighted by molar-refractivity contribution is 7.09. The summed E-state index contributed by atoms with van der Waals surface area (Å²) in [5, 5.41) is 3.59. The van der Waals surface area contributed by atoms with Gasteiger partial charge in [-0.05, 0) is 31.6 Å². The summed E-state index contributed by atoms with van der Waals surface area (Å²) in [5.41, 5.74) is 3.75. The maximum absolute atomic E-state index is 4.26. The van der Waals surface area contributed by atoms with Crippen molar-refractivity contribution in [2.75, 3.05) is 6.54 Å². The van der Waals surface area contributed by atoms with Crippen molar-refractivity contribution >= 4 is 11.3 Å². The van der Waals surface area contributed by atoms with E-state index < -0.39 is 0 Å². The van der Waals surface area contributed by atoms with Crippen LogP contribution in [0.2, 0.25) is 0 Å². The Morgan fingerprint density at radius 1 is 1.53 bits per heavy atom. The van der Waals surface area contributed by atoms with Crippen LogP contribution in [-0.2, 0) is 6.54 Å². The summed E-state index contributed by atoms with van der Waals surface area (Å²) in [6, 6.07) is 0. The predicted molar refractivity (Wildman–Crippen MR) is 65.1 cm³/mol. The highest BCUT2D eigenvalue weighted by Crippen LogP contribution is 2.43. The monoisotopic (exact) mass is 224 g/mol. The molecule has 2 nitrogen and oxygen atoms in total. The molecule has 0 bridgehead atoms. The number of hydrogen-bond donors (Lipinski definition) is 1. The van der Waals surface area contributed by atoms with Crippen molar-refractivity contribution in [1.82, 2.24) is 10.3 Å². The van der Waals surface area contributed by atoms with Crippen LogP contribution in [0.1, 0.15) is 43.2 Å². The molecule has 0 saturated heterocycles. The van der Waals surface area contributed by atoms with Gasteiger partial charge in [0.2, 0.25) is 0 Å². The average molecular weight is 224 g/mol. The Bertz CT molecular complexity index is 310. The Morgan fingerprint density at radius 3 is 2.80 bits per heavy atom. The molecule has 0 unspecified atom stereocenters. The molecule has 1 N–H and O–H groups in total. The van der Waals surface area contributed by atoms with E-state index in [0.29, 0.717) is 5.41 Å². The molecule has 0 spiro atoms. The zero-order valence-electron chi connectivity index (χ0n) is 9.68. The highest BCUT2D eigenvalue weighted by atomic mass is 32.1. The third-order valence-electron chi connectivity index (χ3n) is 3.79. The Labute approximate surface area is 96.1 Å². The fourth-order valence-corrected chi connectivity index (χ4v) is 3.02. The van der Waals surface area contributed by atoms with Crippen molar-refractivity contribution in [1.29, 1.82) is 0 Å². The van der Waals surface area contributed by atoms with Gasteiger partial charge in [0.25, 0.3) is 0 Å². The molecule has 1 heterocycles. The first kappa shape index (κ1) is 11.1. The minimum absolute atomic E-state index is 0.624. The molecular formula is C12H20N2S. The van der Waals surface area contributed by atoms with Crippen molar-refractivity contribution in [3.63, 3.8) is 0 Å². The molecule has 0 atom stereocenters. The topological polar surface area (TPSA) is 24.9 Å². The number of aromatic nitrogens is 1. The van der Waals surface area contributed by atoms with Gasteiger partial charge in [-0.15, -0.1) is 11.3 Å². The molecule has 0 amide bonds. The van der Waals surface area contributed by atoms with Crippen molar-refractivity contribution in [3.8, 4) is 0 Å². The second-order valence-electron chi connectivity index (χ2n) is 4.67. The first-order valence-electron chi connectivity index (χ1n) is 5.85. The van der Waals surface area contributed by atoms with Gasteiger partial charge in [0.15, 0.2) is 0 Å². The molecule has 1 saturated carbocycles. The van der Waals surface area contributed by atoms with Crippen LogP contribution in [0.15, 0.2) is 5.51 Å². The summed E-state index contributed by atoms with van der Waals surface area (Å²) in [6.45, 7) is 6.59. The summed E-state index contributed by atoms with van der Waals surface area (Å²) >= 11 is 1.76. The van der Waals surface area contributed by atoms with E-state index in [1.165, 1.54) is 42.8 Å². The maximum Gasteiger partial charge on any atom is 0.0798 e. The van der Waals surface area contributed by atoms with E-state index in [1.807, 2.05) is 5.51 Å². The van der Waals surface area contributed by atoms with Crippen molar-refractivity contribution in [2.45, 2.75) is 46.1 Å². The highest BCUT2D eigenvalue weighted by Gasteiger charge is 2.34. The zero-order chi connectivity index (χ0) is 10.7. The fraction of sp³-hybridized carbons (Fsp3) is 0.750. The Morgan fingerprint density at radius 2 is 2.33 bits per heavy atom. The predicted octanol–water partition coefficient (Wildman–Crippen LogP) is 3.12. The molecule has 1 aliphatic carbocycles. The lowest BCUT2D eigenvalue weighted by atomic mass is 9.67. The quantitative estimate of drug-likeness (QED) is 0.831. The Hall–Kier alpha value is -0.410. The van der Waals surface area contributed by atoms with Gasteiger partial charge in [-0.25, -0.2) is 4.98 Å². The van der Waals surface area contributed by atoms with Gasteiger partial charge in [0.1, 0.15) is 0 Å². The standard InChI is InChI=1S/C12H20N2S/c1-3-12(5-4-6-12)8-13-7-11-10(2)14-9-15-11/h9,13H,3-8H2,1-2H3. The van der Waals surface area contributed by atoms with E-state index in [-0.39, 0.29) is 0 Å². The SMILES string of the molecule is CCC1(CNCc2scnc2C)CCC1. The van der Waals surface area contributed by atoms with Crippen LogP contribution in [0.4, 0.5) is 0 Å².